The van der Waals surface area contributed by atoms with E-state index in [2.05, 4.69) is 20.7 Å². The Morgan fingerprint density at radius 2 is 2.00 bits per heavy atom. The smallest absolute Gasteiger partial charge is 0.276 e. The van der Waals surface area contributed by atoms with E-state index in [1.807, 2.05) is 18.7 Å². The number of benzene rings is 1. The van der Waals surface area contributed by atoms with Crippen molar-refractivity contribution >= 4 is 17.5 Å². The number of amides is 2. The van der Waals surface area contributed by atoms with Crippen molar-refractivity contribution in [2.75, 3.05) is 18.4 Å². The van der Waals surface area contributed by atoms with Crippen molar-refractivity contribution in [1.82, 2.24) is 20.3 Å². The SMILES string of the molecule is Cc1noc(C)c1CC(=O)N1CCC(c2cc(C(=O)Nc3ccccc3F)n[nH]2)CC1. The molecule has 4 rings (SSSR count). The molecule has 0 bridgehead atoms. The molecule has 2 N–H and O–H groups in total. The minimum Gasteiger partial charge on any atom is -0.361 e. The van der Waals surface area contributed by atoms with Gasteiger partial charge in [-0.2, -0.15) is 5.10 Å². The van der Waals surface area contributed by atoms with E-state index in [4.69, 9.17) is 4.52 Å². The molecule has 1 fully saturated rings. The first-order chi connectivity index (χ1) is 14.9. The summed E-state index contributed by atoms with van der Waals surface area (Å²) in [6.07, 6.45) is 1.82. The van der Waals surface area contributed by atoms with Crippen molar-refractivity contribution < 1.29 is 18.5 Å². The fourth-order valence-electron chi connectivity index (χ4n) is 3.87. The Hall–Kier alpha value is -3.49. The molecule has 1 aliphatic rings. The predicted octanol–water partition coefficient (Wildman–Crippen LogP) is 3.35. The average Bonchev–Trinajstić information content (AvgIpc) is 3.38. The molecule has 0 radical (unpaired) electrons. The van der Waals surface area contributed by atoms with Gasteiger partial charge in [0.2, 0.25) is 5.91 Å². The monoisotopic (exact) mass is 425 g/mol. The molecule has 0 unspecified atom stereocenters. The van der Waals surface area contributed by atoms with Crippen LogP contribution in [0.3, 0.4) is 0 Å². The molecule has 0 spiro atoms. The van der Waals surface area contributed by atoms with Crippen molar-refractivity contribution in [2.45, 2.75) is 39.0 Å². The molecule has 2 amide bonds. The van der Waals surface area contributed by atoms with Gasteiger partial charge in [0, 0.05) is 30.3 Å². The molecule has 2 aromatic heterocycles. The van der Waals surface area contributed by atoms with E-state index in [1.54, 1.807) is 18.2 Å². The van der Waals surface area contributed by atoms with Crippen molar-refractivity contribution in [3.05, 3.63) is 64.6 Å². The number of aromatic nitrogens is 3. The van der Waals surface area contributed by atoms with E-state index < -0.39 is 11.7 Å². The lowest BCUT2D eigenvalue weighted by molar-refractivity contribution is -0.131. The number of likely N-dealkylation sites (tertiary alicyclic amines) is 1. The summed E-state index contributed by atoms with van der Waals surface area (Å²) in [6, 6.07) is 7.68. The number of hydrogen-bond donors (Lipinski definition) is 2. The number of nitrogens with zero attached hydrogens (tertiary/aromatic N) is 3. The first kappa shape index (κ1) is 20.8. The van der Waals surface area contributed by atoms with E-state index >= 15 is 0 Å². The minimum atomic E-state index is -0.500. The van der Waals surface area contributed by atoms with Crippen LogP contribution in [0.1, 0.15) is 52.0 Å². The van der Waals surface area contributed by atoms with Crippen LogP contribution in [-0.2, 0) is 11.2 Å². The molecule has 9 heteroatoms. The van der Waals surface area contributed by atoms with Crippen LogP contribution in [0.15, 0.2) is 34.9 Å². The molecule has 162 valence electrons. The highest BCUT2D eigenvalue weighted by atomic mass is 19.1. The number of carbonyl (C=O) groups is 2. The Balaban J connectivity index is 1.33. The highest BCUT2D eigenvalue weighted by molar-refractivity contribution is 6.03. The second kappa shape index (κ2) is 8.71. The number of para-hydroxylation sites is 1. The molecule has 1 aliphatic heterocycles. The van der Waals surface area contributed by atoms with Crippen molar-refractivity contribution in [3.63, 3.8) is 0 Å². The number of rotatable bonds is 5. The highest BCUT2D eigenvalue weighted by Gasteiger charge is 2.27. The lowest BCUT2D eigenvalue weighted by Crippen LogP contribution is -2.39. The highest BCUT2D eigenvalue weighted by Crippen LogP contribution is 2.28. The number of aromatic amines is 1. The van der Waals surface area contributed by atoms with E-state index in [-0.39, 0.29) is 29.6 Å². The van der Waals surface area contributed by atoms with Crippen LogP contribution in [0, 0.1) is 19.7 Å². The molecule has 1 saturated heterocycles. The molecule has 0 saturated carbocycles. The summed E-state index contributed by atoms with van der Waals surface area (Å²) in [5.41, 5.74) is 2.76. The second-order valence-corrected chi connectivity index (χ2v) is 7.78. The number of piperidine rings is 1. The first-order valence-electron chi connectivity index (χ1n) is 10.2. The summed E-state index contributed by atoms with van der Waals surface area (Å²) in [5, 5.41) is 13.4. The molecule has 3 aromatic rings. The zero-order valence-electron chi connectivity index (χ0n) is 17.4. The fourth-order valence-corrected chi connectivity index (χ4v) is 3.87. The van der Waals surface area contributed by atoms with Gasteiger partial charge < -0.3 is 14.7 Å². The molecule has 0 atom stereocenters. The predicted molar refractivity (Wildman–Crippen MR) is 111 cm³/mol. The summed E-state index contributed by atoms with van der Waals surface area (Å²) >= 11 is 0. The van der Waals surface area contributed by atoms with Gasteiger partial charge in [-0.25, -0.2) is 4.39 Å². The average molecular weight is 425 g/mol. The lowest BCUT2D eigenvalue weighted by Gasteiger charge is -2.31. The number of nitrogens with one attached hydrogen (secondary N) is 2. The van der Waals surface area contributed by atoms with Gasteiger partial charge in [0.15, 0.2) is 5.69 Å². The Morgan fingerprint density at radius 1 is 1.26 bits per heavy atom. The summed E-state index contributed by atoms with van der Waals surface area (Å²) in [7, 11) is 0. The maximum absolute atomic E-state index is 13.7. The Bertz CT molecular complexity index is 1080. The number of halogens is 1. The zero-order chi connectivity index (χ0) is 22.0. The van der Waals surface area contributed by atoms with Crippen LogP contribution < -0.4 is 5.32 Å². The number of anilines is 1. The van der Waals surface area contributed by atoms with Gasteiger partial charge in [-0.3, -0.25) is 14.7 Å². The Morgan fingerprint density at radius 3 is 2.68 bits per heavy atom. The van der Waals surface area contributed by atoms with E-state index in [0.717, 1.165) is 29.8 Å². The van der Waals surface area contributed by atoms with Crippen LogP contribution in [0.25, 0.3) is 0 Å². The van der Waals surface area contributed by atoms with E-state index in [9.17, 15) is 14.0 Å². The van der Waals surface area contributed by atoms with Crippen molar-refractivity contribution in [1.29, 1.82) is 0 Å². The van der Waals surface area contributed by atoms with Crippen molar-refractivity contribution in [2.24, 2.45) is 0 Å². The van der Waals surface area contributed by atoms with Crippen LogP contribution in [0.4, 0.5) is 10.1 Å². The van der Waals surface area contributed by atoms with Crippen molar-refractivity contribution in [3.8, 4) is 0 Å². The largest absolute Gasteiger partial charge is 0.361 e. The quantitative estimate of drug-likeness (QED) is 0.652. The number of hydrogen-bond acceptors (Lipinski definition) is 5. The zero-order valence-corrected chi connectivity index (χ0v) is 17.4. The van der Waals surface area contributed by atoms with Crippen LogP contribution in [-0.4, -0.2) is 45.2 Å². The normalized spacial score (nSPS) is 14.6. The van der Waals surface area contributed by atoms with Gasteiger partial charge >= 0.3 is 0 Å². The summed E-state index contributed by atoms with van der Waals surface area (Å²) in [6.45, 7) is 4.90. The van der Waals surface area contributed by atoms with Crippen LogP contribution >= 0.6 is 0 Å². The summed E-state index contributed by atoms with van der Waals surface area (Å²) in [4.78, 5) is 26.9. The fraction of sp³-hybridized carbons (Fsp3) is 0.364. The van der Waals surface area contributed by atoms with Gasteiger partial charge in [-0.1, -0.05) is 17.3 Å². The maximum atomic E-state index is 13.7. The molecular formula is C22H24FN5O3. The van der Waals surface area contributed by atoms with Gasteiger partial charge in [-0.15, -0.1) is 0 Å². The van der Waals surface area contributed by atoms with Gasteiger partial charge in [0.1, 0.15) is 11.6 Å². The topological polar surface area (TPSA) is 104 Å². The molecular weight excluding hydrogens is 401 g/mol. The second-order valence-electron chi connectivity index (χ2n) is 7.78. The molecule has 1 aromatic carbocycles. The number of carbonyl (C=O) groups excluding carboxylic acids is 2. The Kier molecular flexibility index (Phi) is 5.83. The Labute approximate surface area is 178 Å². The number of aryl methyl sites for hydroxylation is 2. The molecule has 8 nitrogen and oxygen atoms in total. The molecule has 31 heavy (non-hydrogen) atoms. The van der Waals surface area contributed by atoms with Gasteiger partial charge in [0.05, 0.1) is 17.8 Å². The van der Waals surface area contributed by atoms with Crippen LogP contribution in [0.2, 0.25) is 0 Å². The third-order valence-electron chi connectivity index (χ3n) is 5.75. The molecule has 0 aliphatic carbocycles. The first-order valence-corrected chi connectivity index (χ1v) is 10.2. The third kappa shape index (κ3) is 4.50. The summed E-state index contributed by atoms with van der Waals surface area (Å²) < 4.78 is 18.9. The number of H-pyrrole nitrogens is 1. The summed E-state index contributed by atoms with van der Waals surface area (Å²) in [5.74, 6) is -0.0626. The van der Waals surface area contributed by atoms with E-state index in [0.29, 0.717) is 18.8 Å². The van der Waals surface area contributed by atoms with E-state index in [1.165, 1.54) is 12.1 Å². The van der Waals surface area contributed by atoms with Crippen LogP contribution in [0.5, 0.6) is 0 Å². The van der Waals surface area contributed by atoms with Gasteiger partial charge in [0.25, 0.3) is 5.91 Å². The standard InChI is InChI=1S/C22H24FN5O3/c1-13-16(14(2)31-27-13)11-21(29)28-9-7-15(8-10-28)19-12-20(26-25-19)22(30)24-18-6-4-3-5-17(18)23/h3-6,12,15H,7-11H2,1-2H3,(H,24,30)(H,25,26). The lowest BCUT2D eigenvalue weighted by atomic mass is 9.93. The molecule has 3 heterocycles. The maximum Gasteiger partial charge on any atom is 0.276 e. The third-order valence-corrected chi connectivity index (χ3v) is 5.75. The van der Waals surface area contributed by atoms with Gasteiger partial charge in [-0.05, 0) is 44.9 Å². The minimum absolute atomic E-state index is 0.0578.